The molecule has 0 aromatic rings. The minimum absolute atomic E-state index is 0. The zero-order valence-electron chi connectivity index (χ0n) is 48.8. The lowest BCUT2D eigenvalue weighted by molar-refractivity contribution is -0.174. The third-order valence-corrected chi connectivity index (χ3v) is 7.77. The molecule has 72 heavy (non-hydrogen) atoms. The fraction of sp³-hybridized carbons (Fsp3) is 0.943. The molecular weight excluding hydrogens is 957 g/mol. The van der Waals surface area contributed by atoms with Gasteiger partial charge in [-0.05, 0) is 135 Å². The highest BCUT2D eigenvalue weighted by atomic mass is 35.5. The summed E-state index contributed by atoms with van der Waals surface area (Å²) in [6, 6.07) is 0.0984. The number of methoxy groups -OCH3 is 1. The molecule has 0 radical (unpaired) electrons. The predicted octanol–water partition coefficient (Wildman–Crippen LogP) is 9.58. The lowest BCUT2D eigenvalue weighted by Crippen LogP contribution is -2.40. The third-order valence-electron chi connectivity index (χ3n) is 7.77. The lowest BCUT2D eigenvalue weighted by Gasteiger charge is -2.26. The van der Waals surface area contributed by atoms with Crippen molar-refractivity contribution in [1.82, 2.24) is 25.3 Å². The molecule has 5 N–H and O–H groups in total. The first-order valence-corrected chi connectivity index (χ1v) is 26.5. The molecule has 3 aliphatic rings. The van der Waals surface area contributed by atoms with Gasteiger partial charge in [-0.1, -0.05) is 48.5 Å². The predicted molar refractivity (Wildman–Crippen MR) is 296 cm³/mol. The summed E-state index contributed by atoms with van der Waals surface area (Å²) in [5.74, 6) is -1.01. The van der Waals surface area contributed by atoms with Crippen LogP contribution in [0.2, 0.25) is 0 Å². The van der Waals surface area contributed by atoms with E-state index in [0.29, 0.717) is 36.5 Å². The Morgan fingerprint density at radius 1 is 0.625 bits per heavy atom. The van der Waals surface area contributed by atoms with Crippen molar-refractivity contribution in [3.05, 3.63) is 0 Å². The zero-order valence-corrected chi connectivity index (χ0v) is 49.5. The molecule has 3 fully saturated rings. The quantitative estimate of drug-likeness (QED) is 0.0957. The summed E-state index contributed by atoms with van der Waals surface area (Å²) in [4.78, 5) is 39.6. The molecular formula is C53H116ClF3N6O9. The second kappa shape index (κ2) is 56.8. The van der Waals surface area contributed by atoms with Crippen molar-refractivity contribution >= 4 is 29.4 Å². The molecule has 0 bridgehead atoms. The van der Waals surface area contributed by atoms with Crippen molar-refractivity contribution < 1.29 is 56.3 Å². The second-order valence-corrected chi connectivity index (χ2v) is 20.9. The number of carbonyl (C=O) groups is 3. The minimum Gasteiger partial charge on any atom is -0.463 e. The minimum atomic E-state index is -4.76. The highest BCUT2D eigenvalue weighted by molar-refractivity contribution is 6.20. The maximum Gasteiger partial charge on any atom is 0.471 e. The van der Waals surface area contributed by atoms with Gasteiger partial charge in [0.15, 0.2) is 0 Å². The Balaban J connectivity index is -0.000000138. The number of esters is 1. The van der Waals surface area contributed by atoms with E-state index in [4.69, 9.17) is 46.1 Å². The van der Waals surface area contributed by atoms with Crippen LogP contribution >= 0.6 is 11.6 Å². The van der Waals surface area contributed by atoms with Crippen molar-refractivity contribution in [2.24, 2.45) is 11.7 Å². The first-order valence-electron chi connectivity index (χ1n) is 26.1. The number of rotatable bonds is 14. The van der Waals surface area contributed by atoms with E-state index in [-0.39, 0.29) is 37.6 Å². The number of aliphatic hydroxyl groups excluding tert-OH is 1. The number of halogens is 4. The Bertz CT molecular complexity index is 1060. The summed E-state index contributed by atoms with van der Waals surface area (Å²) >= 11 is 5.27. The van der Waals surface area contributed by atoms with Gasteiger partial charge in [0.05, 0.1) is 57.8 Å². The number of nitrogens with one attached hydrogen (secondary N) is 2. The van der Waals surface area contributed by atoms with Crippen LogP contribution in [0.5, 0.6) is 0 Å². The number of aliphatic hydroxyl groups is 1. The van der Waals surface area contributed by atoms with Crippen LogP contribution in [0.4, 0.5) is 13.2 Å². The Hall–Kier alpha value is -1.87. The summed E-state index contributed by atoms with van der Waals surface area (Å²) in [5, 5.41) is 13.0. The summed E-state index contributed by atoms with van der Waals surface area (Å²) < 4.78 is 59.9. The molecule has 3 saturated heterocycles. The number of alkyl halides is 4. The van der Waals surface area contributed by atoms with Crippen molar-refractivity contribution in [2.45, 2.75) is 225 Å². The van der Waals surface area contributed by atoms with Gasteiger partial charge in [-0.15, -0.1) is 11.6 Å². The van der Waals surface area contributed by atoms with Gasteiger partial charge in [-0.2, -0.15) is 13.2 Å². The second-order valence-electron chi connectivity index (χ2n) is 20.0. The highest BCUT2D eigenvalue weighted by Crippen LogP contribution is 2.14. The first kappa shape index (κ1) is 84.1. The van der Waals surface area contributed by atoms with Gasteiger partial charge >= 0.3 is 18.1 Å². The lowest BCUT2D eigenvalue weighted by atomic mass is 10.1. The number of nitrogens with zero attached hydrogens (tertiary/aromatic N) is 3. The molecule has 0 aromatic carbocycles. The van der Waals surface area contributed by atoms with Crippen molar-refractivity contribution in [3.63, 3.8) is 0 Å². The van der Waals surface area contributed by atoms with Gasteiger partial charge in [-0.25, -0.2) is 0 Å². The number of hydrogen-bond donors (Lipinski definition) is 4. The number of piperidine rings is 1. The standard InChI is InChI=1S/C10H20N2O2.C10H19NO3.C10H21NO.C5H8F3NO.C4H10O.C4H10.C3H7Cl.C3H9N.C3H8O.CH4/c1-9(2)11-10(13)3-4-12-5-7-14-8-6-12;1-9(2)14-10(12)3-4-11-5-7-13-8-6-11;1-10(2)12-9-8-11-6-4-3-5-7-11;1-3(2)9-4(10)5(6,7)8;1-4(2)5-3;1-4(2)3;3*1-3(2)4;/h9H,3-8H2,1-2H3,(H,11,13);9H,3-8H2,1-2H3;10H,3-9H2,1-2H3;3H,1-2H3,(H,9,10);4H,1-3H3;4H,1-3H3;3H,1-2H3;3H,4H2,1-2H3;3-4H,1-2H3;1H4. The number of carbonyl (C=O) groups excluding carboxylic acids is 3. The van der Waals surface area contributed by atoms with E-state index in [1.54, 1.807) is 26.3 Å². The van der Waals surface area contributed by atoms with Gasteiger partial charge in [0.25, 0.3) is 0 Å². The maximum atomic E-state index is 11.4. The number of hydrogen-bond acceptors (Lipinski definition) is 13. The molecule has 15 nitrogen and oxygen atoms in total. The van der Waals surface area contributed by atoms with Gasteiger partial charge in [-0.3, -0.25) is 24.2 Å². The molecule has 0 unspecified atom stereocenters. The number of likely N-dealkylation sites (tertiary alicyclic amines) is 1. The number of amides is 2. The maximum absolute atomic E-state index is 11.4. The fourth-order valence-electron chi connectivity index (χ4n) is 4.82. The van der Waals surface area contributed by atoms with Gasteiger partial charge in [0, 0.05) is 82.9 Å². The Morgan fingerprint density at radius 2 is 0.958 bits per heavy atom. The van der Waals surface area contributed by atoms with Crippen molar-refractivity contribution in [3.8, 4) is 0 Å². The molecule has 3 aliphatic heterocycles. The normalized spacial score (nSPS) is 14.9. The van der Waals surface area contributed by atoms with Gasteiger partial charge in [0.2, 0.25) is 5.91 Å². The van der Waals surface area contributed by atoms with Crippen LogP contribution < -0.4 is 16.4 Å². The van der Waals surface area contributed by atoms with E-state index in [1.165, 1.54) is 46.2 Å². The van der Waals surface area contributed by atoms with E-state index in [0.717, 1.165) is 84.8 Å². The third kappa shape index (κ3) is 90.9. The molecule has 0 saturated carbocycles. The summed E-state index contributed by atoms with van der Waals surface area (Å²) in [5.41, 5.74) is 5.11. The molecule has 0 aromatic heterocycles. The van der Waals surface area contributed by atoms with Crippen LogP contribution in [0.25, 0.3) is 0 Å². The van der Waals surface area contributed by atoms with Crippen molar-refractivity contribution in [2.75, 3.05) is 99.0 Å². The van der Waals surface area contributed by atoms with Gasteiger partial charge < -0.3 is 50.1 Å². The highest BCUT2D eigenvalue weighted by Gasteiger charge is 2.38. The van der Waals surface area contributed by atoms with Crippen LogP contribution in [0.1, 0.15) is 171 Å². The molecule has 440 valence electrons. The summed E-state index contributed by atoms with van der Waals surface area (Å²) in [6.07, 6.45) is 1.09. The van der Waals surface area contributed by atoms with Crippen LogP contribution in [0.15, 0.2) is 0 Å². The van der Waals surface area contributed by atoms with Crippen LogP contribution in [-0.4, -0.2) is 191 Å². The van der Waals surface area contributed by atoms with Crippen LogP contribution in [-0.2, 0) is 38.1 Å². The molecule has 0 spiro atoms. The van der Waals surface area contributed by atoms with E-state index in [2.05, 4.69) is 54.6 Å². The molecule has 3 rings (SSSR count). The monoisotopic (exact) mass is 1070 g/mol. The molecule has 3 heterocycles. The van der Waals surface area contributed by atoms with E-state index < -0.39 is 18.1 Å². The van der Waals surface area contributed by atoms with Crippen molar-refractivity contribution in [1.29, 1.82) is 0 Å². The average molecular weight is 1070 g/mol. The number of nitrogens with two attached hydrogens (primary N) is 1. The topological polar surface area (TPSA) is 177 Å². The van der Waals surface area contributed by atoms with E-state index in [1.807, 2.05) is 69.2 Å². The summed E-state index contributed by atoms with van der Waals surface area (Å²) in [6.45, 7) is 49.6. The number of ether oxygens (including phenoxy) is 5. The first-order chi connectivity index (χ1) is 32.7. The number of morpholine rings is 2. The molecule has 19 heteroatoms. The molecule has 2 amide bonds. The largest absolute Gasteiger partial charge is 0.471 e. The van der Waals surface area contributed by atoms with Crippen LogP contribution in [0.3, 0.4) is 0 Å². The fourth-order valence-corrected chi connectivity index (χ4v) is 4.82. The molecule has 0 atom stereocenters. The Kier molecular flexibility index (Phi) is 66.4. The van der Waals surface area contributed by atoms with E-state index >= 15 is 0 Å². The molecule has 0 aliphatic carbocycles. The van der Waals surface area contributed by atoms with E-state index in [9.17, 15) is 27.6 Å². The smallest absolute Gasteiger partial charge is 0.463 e. The Morgan fingerprint density at radius 3 is 1.24 bits per heavy atom. The summed E-state index contributed by atoms with van der Waals surface area (Å²) in [7, 11) is 1.70. The zero-order chi connectivity index (χ0) is 56.5. The average Bonchev–Trinajstić information content (AvgIpc) is 3.22. The SMILES string of the molecule is C.CC(C)C.CC(C)Cl.CC(C)N.CC(C)NC(=O)C(F)(F)F.CC(C)NC(=O)CCN1CCOCC1.CC(C)O.CC(C)OC(=O)CCN1CCOCC1.CC(C)OCCN1CCCCC1.COC(C)C. The van der Waals surface area contributed by atoms with Crippen LogP contribution in [0, 0.1) is 5.92 Å². The van der Waals surface area contributed by atoms with Gasteiger partial charge in [0.1, 0.15) is 0 Å². The Labute approximate surface area is 445 Å².